The first-order valence-corrected chi connectivity index (χ1v) is 11.3. The molecule has 1 aliphatic heterocycles. The van der Waals surface area contributed by atoms with Gasteiger partial charge in [0.05, 0.1) is 31.2 Å². The van der Waals surface area contributed by atoms with Crippen molar-refractivity contribution in [2.24, 2.45) is 0 Å². The molecule has 180 valence electrons. The molecule has 0 aliphatic carbocycles. The van der Waals surface area contributed by atoms with Gasteiger partial charge in [0.2, 0.25) is 11.9 Å². The van der Waals surface area contributed by atoms with E-state index in [-0.39, 0.29) is 17.5 Å². The molecule has 1 amide bonds. The highest BCUT2D eigenvalue weighted by Crippen LogP contribution is 2.35. The lowest BCUT2D eigenvalue weighted by atomic mass is 9.94. The predicted molar refractivity (Wildman–Crippen MR) is 132 cm³/mol. The molecule has 0 saturated carbocycles. The van der Waals surface area contributed by atoms with E-state index in [1.807, 2.05) is 19.9 Å². The van der Waals surface area contributed by atoms with Gasteiger partial charge in [-0.2, -0.15) is 0 Å². The van der Waals surface area contributed by atoms with E-state index in [2.05, 4.69) is 32.7 Å². The van der Waals surface area contributed by atoms with Crippen molar-refractivity contribution in [3.05, 3.63) is 56.9 Å². The van der Waals surface area contributed by atoms with Gasteiger partial charge < -0.3 is 25.0 Å². The molecule has 0 fully saturated rings. The molecular weight excluding hydrogens is 434 g/mol. The number of hydrogen-bond acceptors (Lipinski definition) is 7. The van der Waals surface area contributed by atoms with Crippen molar-refractivity contribution in [3.63, 3.8) is 0 Å². The number of likely N-dealkylation sites (N-methyl/N-ethyl adjacent to an activating group) is 1. The highest BCUT2D eigenvalue weighted by atomic mass is 16.5. The second-order valence-corrected chi connectivity index (χ2v) is 8.48. The maximum absolute atomic E-state index is 13.0. The molecule has 0 radical (unpaired) electrons. The largest absolute Gasteiger partial charge is 0.493 e. The first-order chi connectivity index (χ1) is 16.4. The van der Waals surface area contributed by atoms with Crippen LogP contribution in [-0.4, -0.2) is 49.7 Å². The molecule has 2 aromatic carbocycles. The lowest BCUT2D eigenvalue weighted by Gasteiger charge is -2.31. The third-order valence-electron chi connectivity index (χ3n) is 6.51. The van der Waals surface area contributed by atoms with Crippen LogP contribution in [0.3, 0.4) is 0 Å². The van der Waals surface area contributed by atoms with E-state index in [0.29, 0.717) is 53.5 Å². The standard InChI is InChI=1S/C25H31N5O4/c1-14-21-19(11-20(33-4)22(14)34-5)28-25(29-24(21)32)30-10-9-18-16(7-6-8-17(18)13-30)12-27-23(31)15(2)26-3/h6-8,11,15,26H,9-10,12-13H2,1-5H3,(H,27,31)(H,28,29,32). The summed E-state index contributed by atoms with van der Waals surface area (Å²) in [5, 5.41) is 6.44. The summed E-state index contributed by atoms with van der Waals surface area (Å²) in [4.78, 5) is 34.9. The lowest BCUT2D eigenvalue weighted by molar-refractivity contribution is -0.122. The van der Waals surface area contributed by atoms with Crippen LogP contribution in [0.5, 0.6) is 11.5 Å². The monoisotopic (exact) mass is 465 g/mol. The molecule has 3 N–H and O–H groups in total. The molecule has 34 heavy (non-hydrogen) atoms. The summed E-state index contributed by atoms with van der Waals surface area (Å²) in [5.41, 5.74) is 4.56. The molecule has 2 heterocycles. The van der Waals surface area contributed by atoms with Crippen molar-refractivity contribution in [3.8, 4) is 11.5 Å². The van der Waals surface area contributed by atoms with Gasteiger partial charge in [0, 0.05) is 31.3 Å². The number of fused-ring (bicyclic) bond motifs is 2. The summed E-state index contributed by atoms with van der Waals surface area (Å²) in [7, 11) is 4.89. The second-order valence-electron chi connectivity index (χ2n) is 8.48. The minimum absolute atomic E-state index is 0.0298. The van der Waals surface area contributed by atoms with Crippen LogP contribution in [0.25, 0.3) is 10.9 Å². The number of ether oxygens (including phenoxy) is 2. The maximum atomic E-state index is 13.0. The van der Waals surface area contributed by atoms with Gasteiger partial charge >= 0.3 is 0 Å². The topological polar surface area (TPSA) is 109 Å². The van der Waals surface area contributed by atoms with Crippen LogP contribution in [0.4, 0.5) is 5.95 Å². The molecule has 4 rings (SSSR count). The summed E-state index contributed by atoms with van der Waals surface area (Å²) in [6.45, 7) is 5.46. The Morgan fingerprint density at radius 3 is 2.79 bits per heavy atom. The summed E-state index contributed by atoms with van der Waals surface area (Å²) in [6, 6.07) is 7.64. The van der Waals surface area contributed by atoms with Gasteiger partial charge in [0.25, 0.3) is 5.56 Å². The van der Waals surface area contributed by atoms with Crippen LogP contribution in [-0.2, 0) is 24.3 Å². The minimum Gasteiger partial charge on any atom is -0.493 e. The normalized spacial score (nSPS) is 14.0. The first kappa shape index (κ1) is 23.6. The Hall–Kier alpha value is -3.59. The van der Waals surface area contributed by atoms with E-state index in [0.717, 1.165) is 17.5 Å². The minimum atomic E-state index is -0.243. The number of carbonyl (C=O) groups excluding carboxylic acids is 1. The molecule has 0 saturated heterocycles. The third-order valence-corrected chi connectivity index (χ3v) is 6.51. The number of hydrogen-bond donors (Lipinski definition) is 3. The van der Waals surface area contributed by atoms with Gasteiger partial charge in [-0.3, -0.25) is 14.6 Å². The number of anilines is 1. The van der Waals surface area contributed by atoms with Crippen LogP contribution >= 0.6 is 0 Å². The number of rotatable bonds is 7. The lowest BCUT2D eigenvalue weighted by Crippen LogP contribution is -2.40. The van der Waals surface area contributed by atoms with Crippen LogP contribution in [0.1, 0.15) is 29.2 Å². The van der Waals surface area contributed by atoms with E-state index in [1.165, 1.54) is 5.56 Å². The Kier molecular flexibility index (Phi) is 6.74. The number of carbonyl (C=O) groups is 1. The van der Waals surface area contributed by atoms with Gasteiger partial charge in [0.15, 0.2) is 11.5 Å². The SMILES string of the molecule is CNC(C)C(=O)NCc1cccc2c1CCN(c1nc3cc(OC)c(OC)c(C)c3c(=O)[nH]1)C2. The van der Waals surface area contributed by atoms with E-state index >= 15 is 0 Å². The number of methoxy groups -OCH3 is 2. The van der Waals surface area contributed by atoms with Crippen LogP contribution in [0, 0.1) is 6.92 Å². The Morgan fingerprint density at radius 1 is 1.29 bits per heavy atom. The summed E-state index contributed by atoms with van der Waals surface area (Å²) >= 11 is 0. The van der Waals surface area contributed by atoms with Crippen molar-refractivity contribution in [1.82, 2.24) is 20.6 Å². The zero-order valence-corrected chi connectivity index (χ0v) is 20.2. The van der Waals surface area contributed by atoms with Crippen molar-refractivity contribution in [2.75, 3.05) is 32.7 Å². The van der Waals surface area contributed by atoms with Crippen molar-refractivity contribution in [2.45, 2.75) is 39.4 Å². The summed E-state index contributed by atoms with van der Waals surface area (Å²) < 4.78 is 10.9. The number of amides is 1. The molecule has 0 spiro atoms. The quantitative estimate of drug-likeness (QED) is 0.490. The number of nitrogens with zero attached hydrogens (tertiary/aromatic N) is 2. The average molecular weight is 466 g/mol. The van der Waals surface area contributed by atoms with E-state index in [4.69, 9.17) is 14.5 Å². The zero-order chi connectivity index (χ0) is 24.4. The molecule has 1 aromatic heterocycles. The fourth-order valence-corrected chi connectivity index (χ4v) is 4.49. The van der Waals surface area contributed by atoms with Crippen molar-refractivity contribution >= 4 is 22.8 Å². The summed E-state index contributed by atoms with van der Waals surface area (Å²) in [6.07, 6.45) is 0.787. The van der Waals surface area contributed by atoms with Gasteiger partial charge in [-0.05, 0) is 44.0 Å². The fourth-order valence-electron chi connectivity index (χ4n) is 4.49. The predicted octanol–water partition coefficient (Wildman–Crippen LogP) is 2.04. The molecule has 9 nitrogen and oxygen atoms in total. The Labute approximate surface area is 198 Å². The van der Waals surface area contributed by atoms with Crippen molar-refractivity contribution < 1.29 is 14.3 Å². The van der Waals surface area contributed by atoms with Crippen LogP contribution in [0.15, 0.2) is 29.1 Å². The average Bonchev–Trinajstić information content (AvgIpc) is 2.85. The van der Waals surface area contributed by atoms with E-state index < -0.39 is 0 Å². The Morgan fingerprint density at radius 2 is 2.09 bits per heavy atom. The number of aryl methyl sites for hydroxylation is 1. The van der Waals surface area contributed by atoms with E-state index in [1.54, 1.807) is 27.3 Å². The zero-order valence-electron chi connectivity index (χ0n) is 20.2. The van der Waals surface area contributed by atoms with Gasteiger partial charge in [0.1, 0.15) is 0 Å². The Balaban J connectivity index is 1.62. The fraction of sp³-hybridized carbons (Fsp3) is 0.400. The number of benzene rings is 2. The van der Waals surface area contributed by atoms with Crippen molar-refractivity contribution in [1.29, 1.82) is 0 Å². The number of aromatic amines is 1. The molecule has 1 aliphatic rings. The number of nitrogens with one attached hydrogen (secondary N) is 3. The second kappa shape index (κ2) is 9.72. The van der Waals surface area contributed by atoms with Crippen LogP contribution < -0.4 is 30.6 Å². The molecule has 9 heteroatoms. The van der Waals surface area contributed by atoms with Crippen LogP contribution in [0.2, 0.25) is 0 Å². The molecule has 0 bridgehead atoms. The highest BCUT2D eigenvalue weighted by Gasteiger charge is 2.23. The molecule has 1 atom stereocenters. The number of H-pyrrole nitrogens is 1. The highest BCUT2D eigenvalue weighted by molar-refractivity contribution is 5.87. The third kappa shape index (κ3) is 4.31. The Bertz CT molecular complexity index is 1290. The summed E-state index contributed by atoms with van der Waals surface area (Å²) in [5.74, 6) is 1.57. The number of aromatic nitrogens is 2. The molecule has 1 unspecified atom stereocenters. The first-order valence-electron chi connectivity index (χ1n) is 11.3. The van der Waals surface area contributed by atoms with Gasteiger partial charge in [-0.1, -0.05) is 18.2 Å². The van der Waals surface area contributed by atoms with Gasteiger partial charge in [-0.25, -0.2) is 4.98 Å². The van der Waals surface area contributed by atoms with Gasteiger partial charge in [-0.15, -0.1) is 0 Å². The maximum Gasteiger partial charge on any atom is 0.260 e. The molecular formula is C25H31N5O4. The smallest absolute Gasteiger partial charge is 0.260 e. The van der Waals surface area contributed by atoms with E-state index in [9.17, 15) is 9.59 Å². The molecule has 3 aromatic rings.